The first kappa shape index (κ1) is 29.7. The molecule has 3 aromatic carbocycles. The van der Waals surface area contributed by atoms with Crippen LogP contribution in [0.3, 0.4) is 0 Å². The van der Waals surface area contributed by atoms with Crippen LogP contribution < -0.4 is 9.62 Å². The van der Waals surface area contributed by atoms with Crippen LogP contribution in [0.4, 0.5) is 14.5 Å². The molecule has 1 atom stereocenters. The van der Waals surface area contributed by atoms with Gasteiger partial charge in [-0.2, -0.15) is 4.31 Å². The van der Waals surface area contributed by atoms with E-state index in [1.165, 1.54) is 60.9 Å². The Labute approximate surface area is 242 Å². The third kappa shape index (κ3) is 5.51. The van der Waals surface area contributed by atoms with Gasteiger partial charge in [-0.3, -0.25) is 9.10 Å². The molecule has 5 rings (SSSR count). The van der Waals surface area contributed by atoms with Gasteiger partial charge in [0.15, 0.2) is 0 Å². The predicted octanol–water partition coefficient (Wildman–Crippen LogP) is 4.70. The highest BCUT2D eigenvalue weighted by Crippen LogP contribution is 2.42. The van der Waals surface area contributed by atoms with Crippen LogP contribution in [0.15, 0.2) is 70.0 Å². The van der Waals surface area contributed by atoms with E-state index in [0.29, 0.717) is 29.4 Å². The molecule has 13 heteroatoms. The van der Waals surface area contributed by atoms with Crippen molar-refractivity contribution in [2.24, 2.45) is 0 Å². The van der Waals surface area contributed by atoms with Crippen molar-refractivity contribution in [2.45, 2.75) is 23.7 Å². The van der Waals surface area contributed by atoms with Gasteiger partial charge in [-0.05, 0) is 78.9 Å². The monoisotopic (exact) mass is 617 g/mol. The van der Waals surface area contributed by atoms with Gasteiger partial charge in [0.1, 0.15) is 23.0 Å². The van der Waals surface area contributed by atoms with Gasteiger partial charge >= 0.3 is 0 Å². The van der Waals surface area contributed by atoms with E-state index < -0.39 is 43.5 Å². The van der Waals surface area contributed by atoms with Crippen LogP contribution in [0.2, 0.25) is 0 Å². The van der Waals surface area contributed by atoms with E-state index in [0.717, 1.165) is 22.7 Å². The zero-order valence-corrected chi connectivity index (χ0v) is 24.7. The fourth-order valence-electron chi connectivity index (χ4n) is 5.25. The summed E-state index contributed by atoms with van der Waals surface area (Å²) in [5.41, 5.74) is 1.65. The van der Waals surface area contributed by atoms with Gasteiger partial charge in [0.05, 0.1) is 22.4 Å². The van der Waals surface area contributed by atoms with E-state index in [1.54, 1.807) is 6.07 Å². The Kier molecular flexibility index (Phi) is 7.86. The predicted molar refractivity (Wildman–Crippen MR) is 155 cm³/mol. The first-order valence-corrected chi connectivity index (χ1v) is 16.4. The largest absolute Gasteiger partial charge is 0.455 e. The van der Waals surface area contributed by atoms with E-state index >= 15 is 0 Å². The standard InChI is InChI=1S/C29H29F2N3O6S2/c1-32-29(35)27-24-15-23(19-5-4-14-34(17-19)42(38,39)22-12-10-21(31)11-13-22)25(33(2)41(3,36)37)16-26(24)40-28(27)18-6-8-20(30)9-7-18/h6-13,15-16,19H,4-5,14,17H2,1-3H3,(H,32,35)/t19-/m1/s1. The molecule has 0 spiro atoms. The molecule has 42 heavy (non-hydrogen) atoms. The number of nitrogens with zero attached hydrogens (tertiary/aromatic N) is 2. The Hall–Kier alpha value is -3.81. The first-order chi connectivity index (χ1) is 19.8. The molecule has 1 N–H and O–H groups in total. The van der Waals surface area contributed by atoms with Crippen LogP contribution in [0.1, 0.15) is 34.7 Å². The molecule has 1 fully saturated rings. The minimum absolute atomic E-state index is 0.0355. The smallest absolute Gasteiger partial charge is 0.255 e. The van der Waals surface area contributed by atoms with E-state index in [-0.39, 0.29) is 40.6 Å². The van der Waals surface area contributed by atoms with Crippen molar-refractivity contribution in [3.05, 3.63) is 83.4 Å². The molecule has 1 aromatic heterocycles. The van der Waals surface area contributed by atoms with Crippen LogP contribution in [-0.2, 0) is 20.0 Å². The van der Waals surface area contributed by atoms with E-state index in [4.69, 9.17) is 4.42 Å². The van der Waals surface area contributed by atoms with Gasteiger partial charge in [0.2, 0.25) is 20.0 Å². The molecule has 0 aliphatic carbocycles. The number of piperidine rings is 1. The lowest BCUT2D eigenvalue weighted by Gasteiger charge is -2.34. The van der Waals surface area contributed by atoms with Gasteiger partial charge in [0.25, 0.3) is 5.91 Å². The zero-order chi connectivity index (χ0) is 30.4. The summed E-state index contributed by atoms with van der Waals surface area (Å²) in [6.45, 7) is 0.271. The molecule has 1 aliphatic rings. The van der Waals surface area contributed by atoms with E-state index in [9.17, 15) is 30.4 Å². The third-order valence-corrected chi connectivity index (χ3v) is 10.6. The number of nitrogens with one attached hydrogen (secondary N) is 1. The lowest BCUT2D eigenvalue weighted by atomic mass is 9.89. The Morgan fingerprint density at radius 2 is 1.62 bits per heavy atom. The van der Waals surface area contributed by atoms with Crippen molar-refractivity contribution in [1.29, 1.82) is 0 Å². The summed E-state index contributed by atoms with van der Waals surface area (Å²) in [6, 6.07) is 13.2. The molecule has 4 aromatic rings. The lowest BCUT2D eigenvalue weighted by Crippen LogP contribution is -2.39. The van der Waals surface area contributed by atoms with Crippen molar-refractivity contribution < 1.29 is 34.8 Å². The summed E-state index contributed by atoms with van der Waals surface area (Å²) in [6.07, 6.45) is 2.08. The molecule has 9 nitrogen and oxygen atoms in total. The maximum absolute atomic E-state index is 13.7. The number of benzene rings is 3. The van der Waals surface area contributed by atoms with Gasteiger partial charge < -0.3 is 9.73 Å². The quantitative estimate of drug-likeness (QED) is 0.321. The Morgan fingerprint density at radius 1 is 1.00 bits per heavy atom. The summed E-state index contributed by atoms with van der Waals surface area (Å²) in [4.78, 5) is 13.1. The second-order valence-electron chi connectivity index (χ2n) is 10.2. The Morgan fingerprint density at radius 3 is 2.21 bits per heavy atom. The molecule has 0 unspecified atom stereocenters. The molecular weight excluding hydrogens is 588 g/mol. The molecule has 0 saturated carbocycles. The minimum Gasteiger partial charge on any atom is -0.455 e. The first-order valence-electron chi connectivity index (χ1n) is 13.1. The normalized spacial score (nSPS) is 16.5. The zero-order valence-electron chi connectivity index (χ0n) is 23.1. The number of rotatable bonds is 7. The van der Waals surface area contributed by atoms with Crippen molar-refractivity contribution in [3.8, 4) is 11.3 Å². The maximum atomic E-state index is 13.7. The van der Waals surface area contributed by atoms with Crippen LogP contribution in [0, 0.1) is 11.6 Å². The fourth-order valence-corrected chi connectivity index (χ4v) is 7.29. The van der Waals surface area contributed by atoms with Crippen LogP contribution in [0.5, 0.6) is 0 Å². The fraction of sp³-hybridized carbons (Fsp3) is 0.276. The van der Waals surface area contributed by atoms with Gasteiger partial charge in [-0.25, -0.2) is 25.6 Å². The number of carbonyl (C=O) groups excluding carboxylic acids is 1. The van der Waals surface area contributed by atoms with Crippen molar-refractivity contribution in [3.63, 3.8) is 0 Å². The Balaban J connectivity index is 1.68. The number of hydrogen-bond donors (Lipinski definition) is 1. The number of anilines is 1. The third-order valence-electron chi connectivity index (χ3n) is 7.51. The number of carbonyl (C=O) groups is 1. The van der Waals surface area contributed by atoms with Crippen molar-refractivity contribution in [2.75, 3.05) is 37.7 Å². The molecule has 1 aliphatic heterocycles. The van der Waals surface area contributed by atoms with Crippen LogP contribution in [-0.4, -0.2) is 60.5 Å². The second-order valence-corrected chi connectivity index (χ2v) is 14.1. The summed E-state index contributed by atoms with van der Waals surface area (Å²) in [5, 5.41) is 2.99. The maximum Gasteiger partial charge on any atom is 0.255 e. The molecule has 0 radical (unpaired) electrons. The number of fused-ring (bicyclic) bond motifs is 1. The highest BCUT2D eigenvalue weighted by molar-refractivity contribution is 7.92. The van der Waals surface area contributed by atoms with Crippen molar-refractivity contribution >= 4 is 42.6 Å². The number of amides is 1. The number of hydrogen-bond acceptors (Lipinski definition) is 6. The highest BCUT2D eigenvalue weighted by Gasteiger charge is 2.34. The number of halogens is 2. The number of sulfonamides is 2. The van der Waals surface area contributed by atoms with Crippen molar-refractivity contribution in [1.82, 2.24) is 9.62 Å². The molecule has 1 saturated heterocycles. The lowest BCUT2D eigenvalue weighted by molar-refractivity contribution is 0.0964. The van der Waals surface area contributed by atoms with Crippen LogP contribution in [0.25, 0.3) is 22.3 Å². The van der Waals surface area contributed by atoms with Gasteiger partial charge in [-0.1, -0.05) is 0 Å². The molecule has 0 bridgehead atoms. The average molecular weight is 618 g/mol. The van der Waals surface area contributed by atoms with E-state index in [2.05, 4.69) is 5.32 Å². The summed E-state index contributed by atoms with van der Waals surface area (Å²) in [7, 11) is -4.87. The Bertz CT molecular complexity index is 1870. The average Bonchev–Trinajstić information content (AvgIpc) is 3.34. The SMILES string of the molecule is CNC(=O)c1c(-c2ccc(F)cc2)oc2cc(N(C)S(C)(=O)=O)c([C@@H]3CCCN(S(=O)(=O)c4ccc(F)cc4)C3)cc12. The second kappa shape index (κ2) is 11.1. The van der Waals surface area contributed by atoms with Crippen LogP contribution >= 0.6 is 0 Å². The minimum atomic E-state index is -3.96. The summed E-state index contributed by atoms with van der Waals surface area (Å²) < 4.78 is 87.8. The van der Waals surface area contributed by atoms with Gasteiger partial charge in [0, 0.05) is 44.2 Å². The summed E-state index contributed by atoms with van der Waals surface area (Å²) >= 11 is 0. The molecule has 222 valence electrons. The summed E-state index contributed by atoms with van der Waals surface area (Å²) in [5.74, 6) is -1.75. The molecular formula is C29H29F2N3O6S2. The molecule has 2 heterocycles. The van der Waals surface area contributed by atoms with Gasteiger partial charge in [-0.15, -0.1) is 0 Å². The topological polar surface area (TPSA) is 117 Å². The molecule has 1 amide bonds. The van der Waals surface area contributed by atoms with E-state index in [1.807, 2.05) is 0 Å². The number of furan rings is 1. The highest BCUT2D eigenvalue weighted by atomic mass is 32.2.